The molecule has 3 aromatic rings. The van der Waals surface area contributed by atoms with Crippen LogP contribution in [0.1, 0.15) is 61.5 Å². The lowest BCUT2D eigenvalue weighted by atomic mass is 9.49. The molecule has 1 amide bonds. The van der Waals surface area contributed by atoms with Gasteiger partial charge >= 0.3 is 0 Å². The number of hydrogen-bond donors (Lipinski definition) is 0. The zero-order chi connectivity index (χ0) is 29.4. The highest BCUT2D eigenvalue weighted by Crippen LogP contribution is 2.60. The fraction of sp³-hybridized carbons (Fsp3) is 0.543. The molecule has 4 saturated carbocycles. The molecule has 1 aliphatic heterocycles. The SMILES string of the molecule is CCOc1cncc(-c2ccccc2CN2CCN(c3ccc(C(=O)N(C)CC45CC6CC(CC(C6)C4)C5)nn3)CC2)c1. The van der Waals surface area contributed by atoms with Crippen LogP contribution in [-0.2, 0) is 6.54 Å². The van der Waals surface area contributed by atoms with E-state index in [0.29, 0.717) is 17.7 Å². The summed E-state index contributed by atoms with van der Waals surface area (Å²) in [5, 5.41) is 8.92. The molecule has 2 aromatic heterocycles. The topological polar surface area (TPSA) is 74.7 Å². The summed E-state index contributed by atoms with van der Waals surface area (Å²) in [7, 11) is 1.96. The van der Waals surface area contributed by atoms with Gasteiger partial charge in [-0.1, -0.05) is 24.3 Å². The molecule has 8 rings (SSSR count). The third kappa shape index (κ3) is 5.99. The molecule has 5 aliphatic rings. The van der Waals surface area contributed by atoms with E-state index < -0.39 is 0 Å². The van der Waals surface area contributed by atoms with E-state index in [1.54, 1.807) is 6.20 Å². The summed E-state index contributed by atoms with van der Waals surface area (Å²) in [6.45, 7) is 7.95. The van der Waals surface area contributed by atoms with Crippen LogP contribution < -0.4 is 9.64 Å². The predicted octanol–water partition coefficient (Wildman–Crippen LogP) is 5.55. The minimum Gasteiger partial charge on any atom is -0.492 e. The molecule has 0 unspecified atom stereocenters. The normalized spacial score (nSPS) is 26.5. The number of nitrogens with zero attached hydrogens (tertiary/aromatic N) is 6. The van der Waals surface area contributed by atoms with Crippen LogP contribution in [-0.4, -0.2) is 77.3 Å². The average molecular weight is 581 g/mol. The Hall–Kier alpha value is -3.52. The van der Waals surface area contributed by atoms with Gasteiger partial charge in [-0.3, -0.25) is 14.7 Å². The van der Waals surface area contributed by atoms with E-state index in [1.807, 2.05) is 37.2 Å². The van der Waals surface area contributed by atoms with Gasteiger partial charge in [0, 0.05) is 58.1 Å². The second kappa shape index (κ2) is 11.9. The lowest BCUT2D eigenvalue weighted by molar-refractivity contribution is -0.0629. The first-order valence-electron chi connectivity index (χ1n) is 16.2. The molecule has 43 heavy (non-hydrogen) atoms. The quantitative estimate of drug-likeness (QED) is 0.329. The van der Waals surface area contributed by atoms with Crippen molar-refractivity contribution in [2.24, 2.45) is 23.2 Å². The Morgan fingerprint density at radius 3 is 2.35 bits per heavy atom. The van der Waals surface area contributed by atoms with Crippen LogP contribution >= 0.6 is 0 Å². The van der Waals surface area contributed by atoms with Crippen molar-refractivity contribution < 1.29 is 9.53 Å². The van der Waals surface area contributed by atoms with Crippen LogP contribution in [0, 0.1) is 23.2 Å². The Bertz CT molecular complexity index is 1400. The number of ether oxygens (including phenoxy) is 1. The Morgan fingerprint density at radius 2 is 1.67 bits per heavy atom. The van der Waals surface area contributed by atoms with Crippen LogP contribution in [0.2, 0.25) is 0 Å². The van der Waals surface area contributed by atoms with Crippen LogP contribution in [0.15, 0.2) is 54.9 Å². The van der Waals surface area contributed by atoms with Crippen molar-refractivity contribution in [3.05, 3.63) is 66.1 Å². The summed E-state index contributed by atoms with van der Waals surface area (Å²) < 4.78 is 5.68. The number of hydrogen-bond acceptors (Lipinski definition) is 7. The molecule has 8 heteroatoms. The predicted molar refractivity (Wildman–Crippen MR) is 168 cm³/mol. The number of anilines is 1. The first kappa shape index (κ1) is 28.3. The largest absolute Gasteiger partial charge is 0.492 e. The lowest BCUT2D eigenvalue weighted by Gasteiger charge is -2.57. The maximum Gasteiger partial charge on any atom is 0.274 e. The zero-order valence-electron chi connectivity index (χ0n) is 25.6. The van der Waals surface area contributed by atoms with Gasteiger partial charge in [-0.2, -0.15) is 0 Å². The van der Waals surface area contributed by atoms with Gasteiger partial charge in [0.05, 0.1) is 12.8 Å². The van der Waals surface area contributed by atoms with Crippen molar-refractivity contribution in [3.63, 3.8) is 0 Å². The second-order valence-electron chi connectivity index (χ2n) is 13.6. The molecule has 0 radical (unpaired) electrons. The van der Waals surface area contributed by atoms with Crippen LogP contribution in [0.3, 0.4) is 0 Å². The van der Waals surface area contributed by atoms with Crippen molar-refractivity contribution >= 4 is 11.7 Å². The first-order chi connectivity index (χ1) is 21.0. The van der Waals surface area contributed by atoms with E-state index in [-0.39, 0.29) is 5.91 Å². The van der Waals surface area contributed by atoms with Gasteiger partial charge in [0.1, 0.15) is 5.75 Å². The Morgan fingerprint density at radius 1 is 0.953 bits per heavy atom. The van der Waals surface area contributed by atoms with Crippen molar-refractivity contribution in [1.29, 1.82) is 0 Å². The molecule has 3 heterocycles. The maximum atomic E-state index is 13.3. The molecule has 4 aliphatic carbocycles. The van der Waals surface area contributed by atoms with Gasteiger partial charge < -0.3 is 14.5 Å². The number of carbonyl (C=O) groups excluding carboxylic acids is 1. The number of rotatable bonds is 9. The highest BCUT2D eigenvalue weighted by atomic mass is 16.5. The summed E-state index contributed by atoms with van der Waals surface area (Å²) in [5.41, 5.74) is 4.34. The van der Waals surface area contributed by atoms with Crippen LogP contribution in [0.4, 0.5) is 5.82 Å². The molecule has 0 N–H and O–H groups in total. The molecule has 226 valence electrons. The second-order valence-corrected chi connectivity index (χ2v) is 13.6. The average Bonchev–Trinajstić information content (AvgIpc) is 3.01. The fourth-order valence-corrected chi connectivity index (χ4v) is 8.99. The highest BCUT2D eigenvalue weighted by Gasteiger charge is 2.51. The number of pyridine rings is 1. The van der Waals surface area contributed by atoms with E-state index >= 15 is 0 Å². The van der Waals surface area contributed by atoms with E-state index in [1.165, 1.54) is 49.7 Å². The Balaban J connectivity index is 0.943. The minimum atomic E-state index is 0.000253. The smallest absolute Gasteiger partial charge is 0.274 e. The summed E-state index contributed by atoms with van der Waals surface area (Å²) in [4.78, 5) is 24.4. The van der Waals surface area contributed by atoms with Crippen molar-refractivity contribution in [2.75, 3.05) is 51.3 Å². The van der Waals surface area contributed by atoms with Gasteiger partial charge in [-0.15, -0.1) is 10.2 Å². The van der Waals surface area contributed by atoms with E-state index in [9.17, 15) is 4.79 Å². The number of aromatic nitrogens is 3. The standard InChI is InChI=1S/C35H44N6O2/c1-3-43-30-17-29(21-36-22-30)31-7-5-4-6-28(31)23-40-10-12-41(13-11-40)33-9-8-32(37-38-33)34(42)39(2)24-35-18-25-14-26(19-35)16-27(15-25)20-35/h4-9,17,21-22,25-27H,3,10-16,18-20,23-24H2,1-2H3. The summed E-state index contributed by atoms with van der Waals surface area (Å²) in [6, 6.07) is 14.5. The third-order valence-electron chi connectivity index (χ3n) is 10.4. The van der Waals surface area contributed by atoms with Crippen molar-refractivity contribution in [1.82, 2.24) is 25.0 Å². The van der Waals surface area contributed by atoms with Gasteiger partial charge in [0.15, 0.2) is 11.5 Å². The lowest BCUT2D eigenvalue weighted by Crippen LogP contribution is -2.51. The van der Waals surface area contributed by atoms with Gasteiger partial charge in [0.25, 0.3) is 5.91 Å². The Kier molecular flexibility index (Phi) is 7.80. The van der Waals surface area contributed by atoms with Gasteiger partial charge in [-0.25, -0.2) is 0 Å². The van der Waals surface area contributed by atoms with E-state index in [2.05, 4.69) is 55.3 Å². The Labute approximate surface area is 255 Å². The molecule has 0 atom stereocenters. The van der Waals surface area contributed by atoms with Crippen molar-refractivity contribution in [2.45, 2.75) is 52.0 Å². The minimum absolute atomic E-state index is 0.000253. The molecule has 4 bridgehead atoms. The molecule has 5 fully saturated rings. The molecular formula is C35H44N6O2. The number of piperazine rings is 1. The van der Waals surface area contributed by atoms with Crippen LogP contribution in [0.5, 0.6) is 5.75 Å². The molecule has 0 spiro atoms. The first-order valence-corrected chi connectivity index (χ1v) is 16.2. The van der Waals surface area contributed by atoms with Crippen LogP contribution in [0.25, 0.3) is 11.1 Å². The number of carbonyl (C=O) groups is 1. The molecule has 1 aromatic carbocycles. The van der Waals surface area contributed by atoms with Gasteiger partial charge in [-0.05, 0) is 97.9 Å². The molecule has 1 saturated heterocycles. The summed E-state index contributed by atoms with van der Waals surface area (Å²) >= 11 is 0. The summed E-state index contributed by atoms with van der Waals surface area (Å²) in [6.07, 6.45) is 11.9. The summed E-state index contributed by atoms with van der Waals surface area (Å²) in [5.74, 6) is 4.31. The number of benzene rings is 1. The number of amides is 1. The highest BCUT2D eigenvalue weighted by molar-refractivity contribution is 5.92. The van der Waals surface area contributed by atoms with E-state index in [4.69, 9.17) is 4.74 Å². The monoisotopic (exact) mass is 580 g/mol. The molecule has 8 nitrogen and oxygen atoms in total. The third-order valence-corrected chi connectivity index (χ3v) is 10.4. The maximum absolute atomic E-state index is 13.3. The zero-order valence-corrected chi connectivity index (χ0v) is 25.6. The molecular weight excluding hydrogens is 536 g/mol. The van der Waals surface area contributed by atoms with Gasteiger partial charge in [0.2, 0.25) is 0 Å². The fourth-order valence-electron chi connectivity index (χ4n) is 8.99. The van der Waals surface area contributed by atoms with E-state index in [0.717, 1.165) is 74.2 Å². The van der Waals surface area contributed by atoms with Crippen molar-refractivity contribution in [3.8, 4) is 16.9 Å².